The monoisotopic (exact) mass is 259 g/mol. The lowest BCUT2D eigenvalue weighted by atomic mass is 10.0. The predicted molar refractivity (Wildman–Crippen MR) is 81.1 cm³/mol. The van der Waals surface area contributed by atoms with Crippen LogP contribution < -0.4 is 10.6 Å². The smallest absolute Gasteiger partial charge is 0.190 e. The standard InChI is InChI=1S/C13H29N3S/c1-5-12(6-2)11-16-13(14-3)15-9-7-8-10-17-4/h12H,5-11H2,1-4H3,(H2,14,15,16). The number of hydrogen-bond acceptors (Lipinski definition) is 2. The summed E-state index contributed by atoms with van der Waals surface area (Å²) < 4.78 is 0. The van der Waals surface area contributed by atoms with E-state index in [0.29, 0.717) is 0 Å². The maximum absolute atomic E-state index is 4.24. The van der Waals surface area contributed by atoms with Gasteiger partial charge in [0.05, 0.1) is 0 Å². The van der Waals surface area contributed by atoms with Crippen molar-refractivity contribution in [2.45, 2.75) is 39.5 Å². The molecule has 2 N–H and O–H groups in total. The van der Waals surface area contributed by atoms with Gasteiger partial charge in [-0.1, -0.05) is 26.7 Å². The molecule has 0 atom stereocenters. The highest BCUT2D eigenvalue weighted by atomic mass is 32.2. The van der Waals surface area contributed by atoms with Gasteiger partial charge >= 0.3 is 0 Å². The summed E-state index contributed by atoms with van der Waals surface area (Å²) in [4.78, 5) is 4.24. The van der Waals surface area contributed by atoms with Crippen molar-refractivity contribution >= 4 is 17.7 Å². The number of thioether (sulfide) groups is 1. The summed E-state index contributed by atoms with van der Waals surface area (Å²) in [6, 6.07) is 0. The Hall–Kier alpha value is -0.380. The van der Waals surface area contributed by atoms with E-state index in [1.807, 2.05) is 18.8 Å². The van der Waals surface area contributed by atoms with E-state index in [-0.39, 0.29) is 0 Å². The van der Waals surface area contributed by atoms with E-state index in [1.54, 1.807) is 0 Å². The molecule has 0 aromatic heterocycles. The first kappa shape index (κ1) is 16.6. The Bertz CT molecular complexity index is 191. The molecule has 0 heterocycles. The molecule has 0 aliphatic carbocycles. The van der Waals surface area contributed by atoms with Gasteiger partial charge in [-0.3, -0.25) is 4.99 Å². The highest BCUT2D eigenvalue weighted by Gasteiger charge is 2.04. The summed E-state index contributed by atoms with van der Waals surface area (Å²) in [6.07, 6.45) is 7.11. The Morgan fingerprint density at radius 1 is 1.18 bits per heavy atom. The number of rotatable bonds is 9. The lowest BCUT2D eigenvalue weighted by molar-refractivity contribution is 0.481. The van der Waals surface area contributed by atoms with Crippen LogP contribution in [0.2, 0.25) is 0 Å². The Balaban J connectivity index is 3.63. The fourth-order valence-electron chi connectivity index (χ4n) is 1.62. The van der Waals surface area contributed by atoms with E-state index < -0.39 is 0 Å². The van der Waals surface area contributed by atoms with Crippen LogP contribution in [0.1, 0.15) is 39.5 Å². The lowest BCUT2D eigenvalue weighted by Crippen LogP contribution is -2.40. The van der Waals surface area contributed by atoms with Gasteiger partial charge in [-0.25, -0.2) is 0 Å². The van der Waals surface area contributed by atoms with Gasteiger partial charge in [-0.2, -0.15) is 11.8 Å². The number of nitrogens with zero attached hydrogens (tertiary/aromatic N) is 1. The predicted octanol–water partition coefficient (Wildman–Crippen LogP) is 2.73. The minimum absolute atomic E-state index is 0.755. The van der Waals surface area contributed by atoms with Gasteiger partial charge < -0.3 is 10.6 Å². The van der Waals surface area contributed by atoms with Crippen LogP contribution in [0.3, 0.4) is 0 Å². The lowest BCUT2D eigenvalue weighted by Gasteiger charge is -2.16. The van der Waals surface area contributed by atoms with Crippen molar-refractivity contribution in [2.24, 2.45) is 10.9 Å². The Kier molecular flexibility index (Phi) is 11.8. The van der Waals surface area contributed by atoms with Crippen LogP contribution in [0.4, 0.5) is 0 Å². The first-order valence-electron chi connectivity index (χ1n) is 6.71. The minimum atomic E-state index is 0.755. The van der Waals surface area contributed by atoms with Crippen LogP contribution in [0.5, 0.6) is 0 Å². The molecule has 0 saturated carbocycles. The number of nitrogens with one attached hydrogen (secondary N) is 2. The molecule has 3 nitrogen and oxygen atoms in total. The molecule has 0 spiro atoms. The van der Waals surface area contributed by atoms with Crippen LogP contribution in [0, 0.1) is 5.92 Å². The average Bonchev–Trinajstić information content (AvgIpc) is 2.37. The molecule has 0 amide bonds. The molecule has 0 rings (SSSR count). The van der Waals surface area contributed by atoms with Crippen LogP contribution in [-0.4, -0.2) is 38.1 Å². The van der Waals surface area contributed by atoms with Gasteiger partial charge in [0.25, 0.3) is 0 Å². The summed E-state index contributed by atoms with van der Waals surface area (Å²) in [5.41, 5.74) is 0. The van der Waals surface area contributed by atoms with E-state index in [9.17, 15) is 0 Å². The molecule has 0 aliphatic rings. The van der Waals surface area contributed by atoms with Crippen LogP contribution in [0.15, 0.2) is 4.99 Å². The van der Waals surface area contributed by atoms with Gasteiger partial charge in [0, 0.05) is 20.1 Å². The molecule has 17 heavy (non-hydrogen) atoms. The molecule has 0 aromatic rings. The zero-order valence-electron chi connectivity index (χ0n) is 11.9. The summed E-state index contributed by atoms with van der Waals surface area (Å²) in [6.45, 7) is 6.53. The fourth-order valence-corrected chi connectivity index (χ4v) is 2.11. The van der Waals surface area contributed by atoms with Crippen molar-refractivity contribution in [3.63, 3.8) is 0 Å². The number of guanidine groups is 1. The van der Waals surface area contributed by atoms with Crippen LogP contribution >= 0.6 is 11.8 Å². The molecule has 0 aromatic carbocycles. The second-order valence-electron chi connectivity index (χ2n) is 4.26. The van der Waals surface area contributed by atoms with Crippen molar-refractivity contribution in [3.05, 3.63) is 0 Å². The first-order valence-corrected chi connectivity index (χ1v) is 8.11. The zero-order chi connectivity index (χ0) is 12.9. The number of hydrogen-bond donors (Lipinski definition) is 2. The molecule has 0 saturated heterocycles. The molecular weight excluding hydrogens is 230 g/mol. The van der Waals surface area contributed by atoms with Crippen molar-refractivity contribution in [3.8, 4) is 0 Å². The molecule has 4 heteroatoms. The third kappa shape index (κ3) is 9.33. The highest BCUT2D eigenvalue weighted by molar-refractivity contribution is 7.98. The van der Waals surface area contributed by atoms with Crippen molar-refractivity contribution in [1.29, 1.82) is 0 Å². The fraction of sp³-hybridized carbons (Fsp3) is 0.923. The van der Waals surface area contributed by atoms with E-state index in [0.717, 1.165) is 25.0 Å². The maximum Gasteiger partial charge on any atom is 0.190 e. The molecule has 0 aliphatic heterocycles. The third-order valence-electron chi connectivity index (χ3n) is 3.00. The van der Waals surface area contributed by atoms with Crippen molar-refractivity contribution in [1.82, 2.24) is 10.6 Å². The molecule has 0 fully saturated rings. The minimum Gasteiger partial charge on any atom is -0.356 e. The van der Waals surface area contributed by atoms with E-state index in [1.165, 1.54) is 31.4 Å². The topological polar surface area (TPSA) is 36.4 Å². The van der Waals surface area contributed by atoms with Crippen LogP contribution in [-0.2, 0) is 0 Å². The Morgan fingerprint density at radius 3 is 2.41 bits per heavy atom. The van der Waals surface area contributed by atoms with Gasteiger partial charge in [-0.15, -0.1) is 0 Å². The van der Waals surface area contributed by atoms with E-state index >= 15 is 0 Å². The third-order valence-corrected chi connectivity index (χ3v) is 3.70. The quantitative estimate of drug-likeness (QED) is 0.380. The summed E-state index contributed by atoms with van der Waals surface area (Å²) in [5.74, 6) is 2.95. The van der Waals surface area contributed by atoms with Crippen LogP contribution in [0.25, 0.3) is 0 Å². The average molecular weight is 259 g/mol. The summed E-state index contributed by atoms with van der Waals surface area (Å²) >= 11 is 1.91. The second kappa shape index (κ2) is 12.1. The van der Waals surface area contributed by atoms with Gasteiger partial charge in [0.1, 0.15) is 0 Å². The highest BCUT2D eigenvalue weighted by Crippen LogP contribution is 2.04. The molecule has 0 unspecified atom stereocenters. The Morgan fingerprint density at radius 2 is 1.88 bits per heavy atom. The van der Waals surface area contributed by atoms with Gasteiger partial charge in [0.15, 0.2) is 5.96 Å². The van der Waals surface area contributed by atoms with Gasteiger partial charge in [-0.05, 0) is 30.8 Å². The molecule has 0 radical (unpaired) electrons. The first-order chi connectivity index (χ1) is 8.28. The van der Waals surface area contributed by atoms with E-state index in [2.05, 4.69) is 35.7 Å². The molecule has 0 bridgehead atoms. The number of unbranched alkanes of at least 4 members (excludes halogenated alkanes) is 1. The number of aliphatic imine (C=N–C) groups is 1. The van der Waals surface area contributed by atoms with Crippen molar-refractivity contribution < 1.29 is 0 Å². The normalized spacial score (nSPS) is 11.9. The zero-order valence-corrected chi connectivity index (χ0v) is 12.7. The second-order valence-corrected chi connectivity index (χ2v) is 5.25. The molecular formula is C13H29N3S. The van der Waals surface area contributed by atoms with Gasteiger partial charge in [0.2, 0.25) is 0 Å². The maximum atomic E-state index is 4.24. The molecule has 102 valence electrons. The Labute approximate surface area is 111 Å². The van der Waals surface area contributed by atoms with Crippen molar-refractivity contribution in [2.75, 3.05) is 32.1 Å². The summed E-state index contributed by atoms with van der Waals surface area (Å²) in [5, 5.41) is 6.76. The SMILES string of the molecule is CCC(CC)CNC(=NC)NCCCCSC. The largest absolute Gasteiger partial charge is 0.356 e. The van der Waals surface area contributed by atoms with E-state index in [4.69, 9.17) is 0 Å². The summed E-state index contributed by atoms with van der Waals surface area (Å²) in [7, 11) is 1.84.